The van der Waals surface area contributed by atoms with E-state index in [2.05, 4.69) is 11.4 Å². The van der Waals surface area contributed by atoms with E-state index < -0.39 is 28.6 Å². The van der Waals surface area contributed by atoms with Crippen molar-refractivity contribution in [2.24, 2.45) is 0 Å². The van der Waals surface area contributed by atoms with Crippen LogP contribution in [0.3, 0.4) is 0 Å². The average molecular weight is 264 g/mol. The molecule has 1 fully saturated rings. The summed E-state index contributed by atoms with van der Waals surface area (Å²) in [5.41, 5.74) is -1.40. The highest BCUT2D eigenvalue weighted by atomic mass is 19.1. The van der Waals surface area contributed by atoms with Crippen LogP contribution in [0.25, 0.3) is 0 Å². The van der Waals surface area contributed by atoms with Gasteiger partial charge in [-0.2, -0.15) is 5.26 Å². The Labute approximate surface area is 110 Å². The SMILES string of the molecule is Cc1ccc(F)c(C(=O)NC2(C#N)CCCC2)c1F. The molecule has 0 heterocycles. The van der Waals surface area contributed by atoms with Crippen molar-refractivity contribution in [3.63, 3.8) is 0 Å². The molecule has 5 heteroatoms. The summed E-state index contributed by atoms with van der Waals surface area (Å²) < 4.78 is 27.4. The third kappa shape index (κ3) is 2.43. The highest BCUT2D eigenvalue weighted by molar-refractivity contribution is 5.95. The molecule has 100 valence electrons. The summed E-state index contributed by atoms with van der Waals surface area (Å²) in [5.74, 6) is -2.64. The number of aryl methyl sites for hydroxylation is 1. The van der Waals surface area contributed by atoms with Gasteiger partial charge in [0, 0.05) is 0 Å². The van der Waals surface area contributed by atoms with Gasteiger partial charge in [-0.25, -0.2) is 8.78 Å². The maximum absolute atomic E-state index is 13.8. The number of halogens is 2. The Morgan fingerprint density at radius 3 is 2.58 bits per heavy atom. The third-order valence-corrected chi connectivity index (χ3v) is 3.54. The molecular weight excluding hydrogens is 250 g/mol. The van der Waals surface area contributed by atoms with Gasteiger partial charge < -0.3 is 5.32 Å². The summed E-state index contributed by atoms with van der Waals surface area (Å²) in [5, 5.41) is 11.6. The van der Waals surface area contributed by atoms with Crippen molar-refractivity contribution < 1.29 is 13.6 Å². The zero-order valence-electron chi connectivity index (χ0n) is 10.6. The summed E-state index contributed by atoms with van der Waals surface area (Å²) in [6.45, 7) is 1.46. The standard InChI is InChI=1S/C14H14F2N2O/c1-9-4-5-10(15)11(12(9)16)13(19)18-14(8-17)6-2-3-7-14/h4-5H,2-3,6-7H2,1H3,(H,18,19). The molecule has 0 atom stereocenters. The van der Waals surface area contributed by atoms with E-state index in [0.717, 1.165) is 18.9 Å². The lowest BCUT2D eigenvalue weighted by Gasteiger charge is -2.22. The second kappa shape index (κ2) is 4.96. The number of rotatable bonds is 2. The van der Waals surface area contributed by atoms with E-state index in [1.807, 2.05) is 0 Å². The topological polar surface area (TPSA) is 52.9 Å². The molecule has 1 aliphatic carbocycles. The Balaban J connectivity index is 2.31. The fourth-order valence-corrected chi connectivity index (χ4v) is 2.39. The molecule has 1 saturated carbocycles. The van der Waals surface area contributed by atoms with E-state index in [1.165, 1.54) is 13.0 Å². The second-order valence-electron chi connectivity index (χ2n) is 4.91. The normalized spacial score (nSPS) is 16.9. The average Bonchev–Trinajstić information content (AvgIpc) is 2.83. The van der Waals surface area contributed by atoms with E-state index in [9.17, 15) is 13.6 Å². The number of hydrogen-bond donors (Lipinski definition) is 1. The smallest absolute Gasteiger partial charge is 0.258 e. The maximum Gasteiger partial charge on any atom is 0.258 e. The van der Waals surface area contributed by atoms with Crippen molar-refractivity contribution in [3.8, 4) is 6.07 Å². The minimum atomic E-state index is -0.986. The molecule has 0 aliphatic heterocycles. The largest absolute Gasteiger partial charge is 0.334 e. The molecule has 1 aliphatic rings. The van der Waals surface area contributed by atoms with Gasteiger partial charge in [0.05, 0.1) is 6.07 Å². The van der Waals surface area contributed by atoms with Crippen LogP contribution < -0.4 is 5.32 Å². The number of hydrogen-bond acceptors (Lipinski definition) is 2. The van der Waals surface area contributed by atoms with Crippen LogP contribution in [0, 0.1) is 29.9 Å². The fraction of sp³-hybridized carbons (Fsp3) is 0.429. The lowest BCUT2D eigenvalue weighted by molar-refractivity contribution is 0.0912. The minimum Gasteiger partial charge on any atom is -0.334 e. The van der Waals surface area contributed by atoms with Crippen LogP contribution >= 0.6 is 0 Å². The molecule has 2 rings (SSSR count). The van der Waals surface area contributed by atoms with Crippen LogP contribution in [0.4, 0.5) is 8.78 Å². The number of benzene rings is 1. The quantitative estimate of drug-likeness (QED) is 0.893. The summed E-state index contributed by atoms with van der Waals surface area (Å²) >= 11 is 0. The first-order valence-corrected chi connectivity index (χ1v) is 6.17. The monoisotopic (exact) mass is 264 g/mol. The number of nitrogens with zero attached hydrogens (tertiary/aromatic N) is 1. The Hall–Kier alpha value is -1.96. The van der Waals surface area contributed by atoms with Gasteiger partial charge in [0.25, 0.3) is 5.91 Å². The van der Waals surface area contributed by atoms with Gasteiger partial charge in [-0.3, -0.25) is 4.79 Å². The number of nitriles is 1. The van der Waals surface area contributed by atoms with Crippen LogP contribution in [-0.4, -0.2) is 11.4 Å². The van der Waals surface area contributed by atoms with Crippen molar-refractivity contribution in [1.29, 1.82) is 5.26 Å². The Morgan fingerprint density at radius 2 is 2.00 bits per heavy atom. The lowest BCUT2D eigenvalue weighted by Crippen LogP contribution is -2.45. The van der Waals surface area contributed by atoms with Crippen LogP contribution in [0.15, 0.2) is 12.1 Å². The summed E-state index contributed by atoms with van der Waals surface area (Å²) in [6.07, 6.45) is 2.69. The molecule has 0 saturated heterocycles. The first-order chi connectivity index (χ1) is 8.99. The molecule has 0 bridgehead atoms. The van der Waals surface area contributed by atoms with Crippen molar-refractivity contribution in [3.05, 3.63) is 34.9 Å². The first kappa shape index (κ1) is 13.5. The summed E-state index contributed by atoms with van der Waals surface area (Å²) in [7, 11) is 0. The Kier molecular flexibility index (Phi) is 3.52. The number of amides is 1. The predicted molar refractivity (Wildman–Crippen MR) is 65.4 cm³/mol. The third-order valence-electron chi connectivity index (χ3n) is 3.54. The van der Waals surface area contributed by atoms with Gasteiger partial charge in [-0.15, -0.1) is 0 Å². The van der Waals surface area contributed by atoms with Gasteiger partial charge in [0.2, 0.25) is 0 Å². The van der Waals surface area contributed by atoms with E-state index >= 15 is 0 Å². The van der Waals surface area contributed by atoms with Gasteiger partial charge in [-0.05, 0) is 44.2 Å². The summed E-state index contributed by atoms with van der Waals surface area (Å²) in [4.78, 5) is 12.0. The Morgan fingerprint density at radius 1 is 1.37 bits per heavy atom. The molecule has 1 amide bonds. The number of carbonyl (C=O) groups excluding carboxylic acids is 1. The second-order valence-corrected chi connectivity index (χ2v) is 4.91. The predicted octanol–water partition coefficient (Wildman–Crippen LogP) is 2.84. The van der Waals surface area contributed by atoms with E-state index in [4.69, 9.17) is 5.26 Å². The van der Waals surface area contributed by atoms with Crippen LogP contribution in [0.2, 0.25) is 0 Å². The minimum absolute atomic E-state index is 0.198. The molecule has 1 aromatic rings. The zero-order valence-corrected chi connectivity index (χ0v) is 10.6. The molecule has 19 heavy (non-hydrogen) atoms. The Bertz CT molecular complexity index is 557. The molecule has 1 N–H and O–H groups in total. The molecule has 0 aromatic heterocycles. The summed E-state index contributed by atoms with van der Waals surface area (Å²) in [6, 6.07) is 4.39. The van der Waals surface area contributed by atoms with Crippen LogP contribution in [0.1, 0.15) is 41.6 Å². The highest BCUT2D eigenvalue weighted by Gasteiger charge is 2.36. The van der Waals surface area contributed by atoms with E-state index in [1.54, 1.807) is 0 Å². The molecule has 0 radical (unpaired) electrons. The van der Waals surface area contributed by atoms with Crippen molar-refractivity contribution in [2.45, 2.75) is 38.1 Å². The van der Waals surface area contributed by atoms with E-state index in [-0.39, 0.29) is 5.56 Å². The maximum atomic E-state index is 13.8. The van der Waals surface area contributed by atoms with Gasteiger partial charge in [0.15, 0.2) is 0 Å². The van der Waals surface area contributed by atoms with E-state index in [0.29, 0.717) is 12.8 Å². The van der Waals surface area contributed by atoms with Crippen LogP contribution in [-0.2, 0) is 0 Å². The van der Waals surface area contributed by atoms with Gasteiger partial charge in [0.1, 0.15) is 22.7 Å². The van der Waals surface area contributed by atoms with Gasteiger partial charge in [-0.1, -0.05) is 6.07 Å². The number of carbonyl (C=O) groups is 1. The first-order valence-electron chi connectivity index (χ1n) is 6.17. The molecule has 3 nitrogen and oxygen atoms in total. The molecule has 0 unspecified atom stereocenters. The van der Waals surface area contributed by atoms with Crippen molar-refractivity contribution in [2.75, 3.05) is 0 Å². The van der Waals surface area contributed by atoms with Crippen LogP contribution in [0.5, 0.6) is 0 Å². The fourth-order valence-electron chi connectivity index (χ4n) is 2.39. The lowest BCUT2D eigenvalue weighted by atomic mass is 9.98. The molecule has 1 aromatic carbocycles. The van der Waals surface area contributed by atoms with Gasteiger partial charge >= 0.3 is 0 Å². The van der Waals surface area contributed by atoms with Crippen molar-refractivity contribution in [1.82, 2.24) is 5.32 Å². The zero-order chi connectivity index (χ0) is 14.0. The number of nitrogens with one attached hydrogen (secondary N) is 1. The van der Waals surface area contributed by atoms with Crippen molar-refractivity contribution >= 4 is 5.91 Å². The highest BCUT2D eigenvalue weighted by Crippen LogP contribution is 2.29. The molecular formula is C14H14F2N2O. The molecule has 0 spiro atoms.